The summed E-state index contributed by atoms with van der Waals surface area (Å²) >= 11 is 0. The van der Waals surface area contributed by atoms with Gasteiger partial charge < -0.3 is 45.0 Å². The van der Waals surface area contributed by atoms with Gasteiger partial charge in [0.2, 0.25) is 5.91 Å². The van der Waals surface area contributed by atoms with Crippen molar-refractivity contribution in [2.45, 2.75) is 83.5 Å². The fraction of sp³-hybridized carbons (Fsp3) is 0.310. The van der Waals surface area contributed by atoms with E-state index in [1.807, 2.05) is 105 Å². The smallest absolute Gasteiger partial charge is 0.407 e. The predicted molar refractivity (Wildman–Crippen MR) is 274 cm³/mol. The molecule has 6 aromatic rings. The molecule has 4 amide bonds. The number of ether oxygens (including phenoxy) is 5. The Morgan fingerprint density at radius 3 is 1.75 bits per heavy atom. The number of benzene rings is 6. The number of alkyl carbamates (subject to hydrolysis) is 2. The first kappa shape index (κ1) is 51.1. The molecule has 2 atom stereocenters. The monoisotopic (exact) mass is 960 g/mol. The second kappa shape index (κ2) is 23.7. The lowest BCUT2D eigenvalue weighted by molar-refractivity contribution is -0.124. The van der Waals surface area contributed by atoms with E-state index in [4.69, 9.17) is 23.7 Å². The summed E-state index contributed by atoms with van der Waals surface area (Å²) in [4.78, 5) is 54.2. The highest BCUT2D eigenvalue weighted by atomic mass is 16.6. The molecule has 0 bridgehead atoms. The third kappa shape index (κ3) is 13.7. The van der Waals surface area contributed by atoms with Gasteiger partial charge in [-0.05, 0) is 117 Å². The minimum Gasteiger partial charge on any atom is -0.497 e. The molecule has 0 radical (unpaired) electrons. The lowest BCUT2D eigenvalue weighted by atomic mass is 9.96. The highest BCUT2D eigenvalue weighted by Crippen LogP contribution is 2.44. The summed E-state index contributed by atoms with van der Waals surface area (Å²) in [6, 6.07) is 42.5. The molecule has 0 heterocycles. The van der Waals surface area contributed by atoms with Crippen LogP contribution in [0.5, 0.6) is 17.2 Å². The molecule has 370 valence electrons. The van der Waals surface area contributed by atoms with Crippen LogP contribution in [-0.2, 0) is 19.1 Å². The number of hydrogen-bond acceptors (Lipinski definition) is 9. The van der Waals surface area contributed by atoms with Crippen LogP contribution < -0.4 is 35.5 Å². The van der Waals surface area contributed by atoms with Gasteiger partial charge in [-0.2, -0.15) is 0 Å². The minimum absolute atomic E-state index is 0.0653. The van der Waals surface area contributed by atoms with Crippen molar-refractivity contribution in [3.8, 4) is 28.4 Å². The molecular formula is C58H64N4O9. The summed E-state index contributed by atoms with van der Waals surface area (Å²) < 4.78 is 28.6. The van der Waals surface area contributed by atoms with E-state index in [-0.39, 0.29) is 37.5 Å². The van der Waals surface area contributed by atoms with Gasteiger partial charge in [-0.3, -0.25) is 9.59 Å². The molecule has 0 aromatic heterocycles. The normalized spacial score (nSPS) is 12.7. The van der Waals surface area contributed by atoms with Crippen LogP contribution >= 0.6 is 0 Å². The quantitative estimate of drug-likeness (QED) is 0.0546. The van der Waals surface area contributed by atoms with Crippen molar-refractivity contribution in [3.05, 3.63) is 184 Å². The number of amides is 4. The summed E-state index contributed by atoms with van der Waals surface area (Å²) in [5.74, 6) is 0.491. The van der Waals surface area contributed by atoms with Gasteiger partial charge in [-0.1, -0.05) is 120 Å². The molecule has 6 aromatic carbocycles. The molecule has 1 unspecified atom stereocenters. The predicted octanol–water partition coefficient (Wildman–Crippen LogP) is 10.4. The Labute approximate surface area is 416 Å². The Morgan fingerprint density at radius 2 is 1.17 bits per heavy atom. The number of fused-ring (bicyclic) bond motifs is 3. The molecule has 0 saturated carbocycles. The Hall–Kier alpha value is -7.80. The first-order chi connectivity index (χ1) is 34.2. The minimum atomic E-state index is -1.04. The number of carbonyl (C=O) groups is 4. The third-order valence-electron chi connectivity index (χ3n) is 12.3. The van der Waals surface area contributed by atoms with Crippen LogP contribution in [0.15, 0.2) is 140 Å². The molecule has 1 aliphatic rings. The summed E-state index contributed by atoms with van der Waals surface area (Å²) in [6.45, 7) is 9.54. The zero-order chi connectivity index (χ0) is 50.5. The molecule has 7 rings (SSSR count). The van der Waals surface area contributed by atoms with Gasteiger partial charge in [0.1, 0.15) is 35.5 Å². The Bertz CT molecular complexity index is 2680. The lowest BCUT2D eigenvalue weighted by Gasteiger charge is -2.26. The van der Waals surface area contributed by atoms with Crippen LogP contribution in [0, 0.1) is 13.8 Å². The fourth-order valence-electron chi connectivity index (χ4n) is 8.65. The molecule has 13 nitrogen and oxygen atoms in total. The lowest BCUT2D eigenvalue weighted by Crippen LogP contribution is -2.48. The molecule has 0 aliphatic heterocycles. The number of methoxy groups -OCH3 is 2. The van der Waals surface area contributed by atoms with E-state index in [0.29, 0.717) is 47.8 Å². The largest absolute Gasteiger partial charge is 0.497 e. The second-order valence-corrected chi connectivity index (χ2v) is 18.7. The van der Waals surface area contributed by atoms with Crippen LogP contribution in [0.1, 0.15) is 103 Å². The molecule has 13 heteroatoms. The van der Waals surface area contributed by atoms with Gasteiger partial charge in [0, 0.05) is 24.1 Å². The zero-order valence-corrected chi connectivity index (χ0v) is 41.5. The van der Waals surface area contributed by atoms with Gasteiger partial charge in [-0.15, -0.1) is 0 Å². The highest BCUT2D eigenvalue weighted by Gasteiger charge is 2.31. The van der Waals surface area contributed by atoms with Gasteiger partial charge in [0.15, 0.2) is 6.61 Å². The maximum Gasteiger partial charge on any atom is 0.407 e. The average Bonchev–Trinajstić information content (AvgIpc) is 3.68. The SMILES string of the molecule is COc1ccc(C(NC(=O)[C@@H](CCCCNC(=O)OC(C)(C)C)NC(=O)OCC2c3ccccc3-c3ccccc32)c2ccc(OCC(=O)NC(c3ccc(C)cc3)c3ccc(C)cc3)cc2)c(OC)c1. The summed E-state index contributed by atoms with van der Waals surface area (Å²) in [5.41, 5.74) is 9.09. The van der Waals surface area contributed by atoms with Crippen molar-refractivity contribution >= 4 is 24.0 Å². The van der Waals surface area contributed by atoms with E-state index < -0.39 is 35.8 Å². The first-order valence-corrected chi connectivity index (χ1v) is 24.0. The standard InChI is InChI=1S/C58H64N4O9/c1-37-19-23-39(24-20-37)53(40-25-21-38(2)22-26-40)61-52(63)36-69-42-29-27-41(28-30-42)54(48-32-31-43(67-6)34-51(48)68-7)62-55(64)50(18-12-13-33-59-56(65)71-58(3,4)5)60-57(66)70-35-49-46-16-10-8-14-44(46)45-15-9-11-17-47(45)49/h8-11,14-17,19-32,34,49-50,53-54H,12-13,18,33,35-36H2,1-7H3,(H,59,65)(H,60,66)(H,61,63)(H,62,64)/t50-,54?/m1/s1. The number of rotatable bonds is 20. The van der Waals surface area contributed by atoms with Gasteiger partial charge in [0.05, 0.1) is 26.3 Å². The van der Waals surface area contributed by atoms with E-state index >= 15 is 0 Å². The van der Waals surface area contributed by atoms with E-state index in [2.05, 4.69) is 33.4 Å². The Balaban J connectivity index is 1.07. The molecule has 1 aliphatic carbocycles. The number of aryl methyl sites for hydroxylation is 2. The highest BCUT2D eigenvalue weighted by molar-refractivity contribution is 5.86. The van der Waals surface area contributed by atoms with Crippen LogP contribution in [-0.4, -0.2) is 69.6 Å². The van der Waals surface area contributed by atoms with Crippen LogP contribution in [0.25, 0.3) is 11.1 Å². The van der Waals surface area contributed by atoms with Crippen LogP contribution in [0.2, 0.25) is 0 Å². The van der Waals surface area contributed by atoms with Crippen molar-refractivity contribution in [2.24, 2.45) is 0 Å². The van der Waals surface area contributed by atoms with Crippen molar-refractivity contribution in [1.82, 2.24) is 21.3 Å². The van der Waals surface area contributed by atoms with Gasteiger partial charge >= 0.3 is 12.2 Å². The van der Waals surface area contributed by atoms with Gasteiger partial charge in [0.25, 0.3) is 5.91 Å². The second-order valence-electron chi connectivity index (χ2n) is 18.7. The van der Waals surface area contributed by atoms with E-state index in [9.17, 15) is 19.2 Å². The van der Waals surface area contributed by atoms with E-state index in [0.717, 1.165) is 44.5 Å². The molecule has 71 heavy (non-hydrogen) atoms. The summed E-state index contributed by atoms with van der Waals surface area (Å²) in [5, 5.41) is 11.9. The molecule has 0 fully saturated rings. The van der Waals surface area contributed by atoms with Crippen LogP contribution in [0.3, 0.4) is 0 Å². The fourth-order valence-corrected chi connectivity index (χ4v) is 8.65. The topological polar surface area (TPSA) is 163 Å². The van der Waals surface area contributed by atoms with Crippen molar-refractivity contribution < 1.29 is 42.9 Å². The zero-order valence-electron chi connectivity index (χ0n) is 41.5. The van der Waals surface area contributed by atoms with Crippen LogP contribution in [0.4, 0.5) is 9.59 Å². The molecule has 0 saturated heterocycles. The number of hydrogen-bond donors (Lipinski definition) is 4. The maximum atomic E-state index is 14.6. The maximum absolute atomic E-state index is 14.6. The average molecular weight is 961 g/mol. The summed E-state index contributed by atoms with van der Waals surface area (Å²) in [6.07, 6.45) is -0.0909. The van der Waals surface area contributed by atoms with Gasteiger partial charge in [-0.25, -0.2) is 9.59 Å². The Morgan fingerprint density at radius 1 is 0.606 bits per heavy atom. The van der Waals surface area contributed by atoms with Crippen molar-refractivity contribution in [2.75, 3.05) is 34.0 Å². The summed E-state index contributed by atoms with van der Waals surface area (Å²) in [7, 11) is 3.09. The first-order valence-electron chi connectivity index (χ1n) is 24.0. The van der Waals surface area contributed by atoms with Crippen molar-refractivity contribution in [1.29, 1.82) is 0 Å². The molecular weight excluding hydrogens is 897 g/mol. The number of unbranched alkanes of at least 4 members (excludes halogenated alkanes) is 1. The van der Waals surface area contributed by atoms with Crippen molar-refractivity contribution in [3.63, 3.8) is 0 Å². The van der Waals surface area contributed by atoms with E-state index in [1.54, 1.807) is 64.3 Å². The molecule has 4 N–H and O–H groups in total. The molecule has 0 spiro atoms. The number of carbonyl (C=O) groups excluding carboxylic acids is 4. The Kier molecular flexibility index (Phi) is 17.0. The number of nitrogens with one attached hydrogen (secondary N) is 4. The van der Waals surface area contributed by atoms with E-state index in [1.165, 1.54) is 7.11 Å². The third-order valence-corrected chi connectivity index (χ3v) is 12.3.